The molecule has 0 bridgehead atoms. The highest BCUT2D eigenvalue weighted by atomic mass is 16.4. The number of piperazine rings is 1. The molecule has 0 atom stereocenters. The van der Waals surface area contributed by atoms with Crippen LogP contribution in [0.4, 0.5) is 10.5 Å². The highest BCUT2D eigenvalue weighted by Crippen LogP contribution is 2.11. The number of carbonyl (C=O) groups excluding carboxylic acids is 2. The predicted octanol–water partition coefficient (Wildman–Crippen LogP) is 0.277. The average Bonchev–Trinajstić information content (AvgIpc) is 2.40. The van der Waals surface area contributed by atoms with Gasteiger partial charge < -0.3 is 20.6 Å². The van der Waals surface area contributed by atoms with E-state index in [4.69, 9.17) is 5.11 Å². The Kier molecular flexibility index (Phi) is 4.19. The average molecular weight is 277 g/mol. The number of rotatable bonds is 3. The molecule has 0 saturated carbocycles. The minimum Gasteiger partial charge on any atom is -0.481 e. The number of anilines is 1. The summed E-state index contributed by atoms with van der Waals surface area (Å²) in [7, 11) is 0. The normalized spacial score (nSPS) is 14.6. The summed E-state index contributed by atoms with van der Waals surface area (Å²) in [5.74, 6) is -1.08. The summed E-state index contributed by atoms with van der Waals surface area (Å²) in [6.45, 7) is 0.960. The quantitative estimate of drug-likeness (QED) is 0.739. The zero-order valence-electron chi connectivity index (χ0n) is 10.8. The van der Waals surface area contributed by atoms with Crippen LogP contribution >= 0.6 is 0 Å². The van der Waals surface area contributed by atoms with Crippen LogP contribution in [0.2, 0.25) is 0 Å². The molecule has 1 aliphatic heterocycles. The third-order valence-corrected chi connectivity index (χ3v) is 2.89. The second kappa shape index (κ2) is 6.05. The number of nitrogens with one attached hydrogen (secondary N) is 2. The number of aliphatic carboxylic acids is 1. The van der Waals surface area contributed by atoms with Crippen molar-refractivity contribution >= 4 is 23.6 Å². The molecular formula is C13H15N3O4. The molecule has 1 aromatic rings. The first-order chi connectivity index (χ1) is 9.54. The lowest BCUT2D eigenvalue weighted by atomic mass is 10.1. The lowest BCUT2D eigenvalue weighted by Gasteiger charge is -2.26. The lowest BCUT2D eigenvalue weighted by Crippen LogP contribution is -2.51. The van der Waals surface area contributed by atoms with E-state index in [1.807, 2.05) is 0 Å². The minimum atomic E-state index is -0.902. The fraction of sp³-hybridized carbons (Fsp3) is 0.308. The standard InChI is InChI=1S/C13H15N3O4/c17-11-8-16(6-5-14-11)13(20)15-10-3-1-9(2-4-10)7-12(18)19/h1-4H,5-8H2,(H,14,17)(H,15,20)(H,18,19). The summed E-state index contributed by atoms with van der Waals surface area (Å²) in [5, 5.41) is 14.0. The van der Waals surface area contributed by atoms with Gasteiger partial charge in [0.25, 0.3) is 0 Å². The van der Waals surface area contributed by atoms with E-state index < -0.39 is 5.97 Å². The van der Waals surface area contributed by atoms with Crippen molar-refractivity contribution in [3.8, 4) is 0 Å². The summed E-state index contributed by atoms with van der Waals surface area (Å²) in [6, 6.07) is 6.23. The van der Waals surface area contributed by atoms with E-state index in [9.17, 15) is 14.4 Å². The number of hydrogen-bond donors (Lipinski definition) is 3. The molecule has 0 aliphatic carbocycles. The summed E-state index contributed by atoms with van der Waals surface area (Å²) < 4.78 is 0. The Morgan fingerprint density at radius 1 is 1.30 bits per heavy atom. The molecule has 0 aromatic heterocycles. The van der Waals surface area contributed by atoms with Gasteiger partial charge in [-0.2, -0.15) is 0 Å². The van der Waals surface area contributed by atoms with Crippen molar-refractivity contribution in [3.05, 3.63) is 29.8 Å². The Morgan fingerprint density at radius 3 is 2.60 bits per heavy atom. The van der Waals surface area contributed by atoms with Gasteiger partial charge in [-0.05, 0) is 17.7 Å². The molecule has 0 radical (unpaired) electrons. The largest absolute Gasteiger partial charge is 0.481 e. The van der Waals surface area contributed by atoms with Gasteiger partial charge in [0.2, 0.25) is 5.91 Å². The summed E-state index contributed by atoms with van der Waals surface area (Å²) in [6.07, 6.45) is -0.0550. The molecule has 0 spiro atoms. The van der Waals surface area contributed by atoms with Crippen molar-refractivity contribution in [2.75, 3.05) is 25.0 Å². The van der Waals surface area contributed by atoms with E-state index >= 15 is 0 Å². The van der Waals surface area contributed by atoms with Gasteiger partial charge in [0.1, 0.15) is 6.54 Å². The maximum atomic E-state index is 11.9. The maximum Gasteiger partial charge on any atom is 0.322 e. The van der Waals surface area contributed by atoms with Crippen LogP contribution < -0.4 is 10.6 Å². The molecule has 2 rings (SSSR count). The number of benzene rings is 1. The zero-order chi connectivity index (χ0) is 14.5. The fourth-order valence-electron chi connectivity index (χ4n) is 1.90. The highest BCUT2D eigenvalue weighted by Gasteiger charge is 2.20. The Hall–Kier alpha value is -2.57. The van der Waals surface area contributed by atoms with Crippen LogP contribution in [0.1, 0.15) is 5.56 Å². The Bertz CT molecular complexity index is 527. The van der Waals surface area contributed by atoms with Crippen LogP contribution in [-0.4, -0.2) is 47.5 Å². The predicted molar refractivity (Wildman–Crippen MR) is 71.4 cm³/mol. The van der Waals surface area contributed by atoms with Gasteiger partial charge in [0.15, 0.2) is 0 Å². The second-order valence-electron chi connectivity index (χ2n) is 4.47. The number of carboxylic acids is 1. The number of carbonyl (C=O) groups is 3. The van der Waals surface area contributed by atoms with Crippen LogP contribution in [0, 0.1) is 0 Å². The summed E-state index contributed by atoms with van der Waals surface area (Å²) in [4.78, 5) is 35.1. The van der Waals surface area contributed by atoms with Crippen molar-refractivity contribution in [1.82, 2.24) is 10.2 Å². The molecule has 20 heavy (non-hydrogen) atoms. The van der Waals surface area contributed by atoms with Crippen LogP contribution in [0.5, 0.6) is 0 Å². The monoisotopic (exact) mass is 277 g/mol. The molecule has 1 aromatic carbocycles. The van der Waals surface area contributed by atoms with Gasteiger partial charge in [0.05, 0.1) is 6.42 Å². The van der Waals surface area contributed by atoms with Gasteiger partial charge in [-0.3, -0.25) is 9.59 Å². The number of nitrogens with zero attached hydrogens (tertiary/aromatic N) is 1. The molecule has 3 amide bonds. The molecular weight excluding hydrogens is 262 g/mol. The highest BCUT2D eigenvalue weighted by molar-refractivity contribution is 5.93. The van der Waals surface area contributed by atoms with Crippen molar-refractivity contribution in [1.29, 1.82) is 0 Å². The Balaban J connectivity index is 1.93. The maximum absolute atomic E-state index is 11.9. The fourth-order valence-corrected chi connectivity index (χ4v) is 1.90. The molecule has 7 nitrogen and oxygen atoms in total. The first-order valence-corrected chi connectivity index (χ1v) is 6.18. The molecule has 1 fully saturated rings. The van der Waals surface area contributed by atoms with E-state index in [2.05, 4.69) is 10.6 Å². The Labute approximate surface area is 115 Å². The van der Waals surface area contributed by atoms with Gasteiger partial charge in [0, 0.05) is 18.8 Å². The van der Waals surface area contributed by atoms with Crippen LogP contribution in [0.15, 0.2) is 24.3 Å². The van der Waals surface area contributed by atoms with Crippen molar-refractivity contribution in [2.45, 2.75) is 6.42 Å². The van der Waals surface area contributed by atoms with Crippen LogP contribution in [0.3, 0.4) is 0 Å². The molecule has 1 saturated heterocycles. The summed E-state index contributed by atoms with van der Waals surface area (Å²) >= 11 is 0. The molecule has 106 valence electrons. The SMILES string of the molecule is O=C(O)Cc1ccc(NC(=O)N2CCNC(=O)C2)cc1. The number of amides is 3. The number of hydrogen-bond acceptors (Lipinski definition) is 3. The number of carboxylic acid groups (broad SMARTS) is 1. The van der Waals surface area contributed by atoms with E-state index in [1.165, 1.54) is 4.90 Å². The van der Waals surface area contributed by atoms with Gasteiger partial charge in [-0.1, -0.05) is 12.1 Å². The molecule has 7 heteroatoms. The second-order valence-corrected chi connectivity index (χ2v) is 4.47. The van der Waals surface area contributed by atoms with Gasteiger partial charge in [-0.15, -0.1) is 0 Å². The van der Waals surface area contributed by atoms with Crippen molar-refractivity contribution in [3.63, 3.8) is 0 Å². The van der Waals surface area contributed by atoms with E-state index in [0.29, 0.717) is 24.3 Å². The molecule has 1 aliphatic rings. The summed E-state index contributed by atoms with van der Waals surface area (Å²) in [5.41, 5.74) is 1.22. The van der Waals surface area contributed by atoms with Crippen molar-refractivity contribution in [2.24, 2.45) is 0 Å². The molecule has 1 heterocycles. The molecule has 3 N–H and O–H groups in total. The zero-order valence-corrected chi connectivity index (χ0v) is 10.8. The van der Waals surface area contributed by atoms with Crippen LogP contribution in [0.25, 0.3) is 0 Å². The first-order valence-electron chi connectivity index (χ1n) is 6.18. The van der Waals surface area contributed by atoms with Crippen molar-refractivity contribution < 1.29 is 19.5 Å². The van der Waals surface area contributed by atoms with Crippen LogP contribution in [-0.2, 0) is 16.0 Å². The van der Waals surface area contributed by atoms with E-state index in [0.717, 1.165) is 0 Å². The van der Waals surface area contributed by atoms with E-state index in [1.54, 1.807) is 24.3 Å². The molecule has 0 unspecified atom stereocenters. The lowest BCUT2D eigenvalue weighted by molar-refractivity contribution is -0.136. The number of urea groups is 1. The van der Waals surface area contributed by atoms with Gasteiger partial charge in [-0.25, -0.2) is 4.79 Å². The topological polar surface area (TPSA) is 98.7 Å². The first kappa shape index (κ1) is 13.9. The van der Waals surface area contributed by atoms with E-state index in [-0.39, 0.29) is 24.9 Å². The van der Waals surface area contributed by atoms with Gasteiger partial charge >= 0.3 is 12.0 Å². The smallest absolute Gasteiger partial charge is 0.322 e. The minimum absolute atomic E-state index is 0.0446. The third-order valence-electron chi connectivity index (χ3n) is 2.89. The third kappa shape index (κ3) is 3.71. The Morgan fingerprint density at radius 2 is 2.00 bits per heavy atom.